The van der Waals surface area contributed by atoms with Gasteiger partial charge in [-0.25, -0.2) is 0 Å². The van der Waals surface area contributed by atoms with Gasteiger partial charge in [0.05, 0.1) is 44.8 Å². The highest BCUT2D eigenvalue weighted by molar-refractivity contribution is 6.91. The number of carbonyl (C=O) groups is 2. The van der Waals surface area contributed by atoms with Gasteiger partial charge in [-0.2, -0.15) is 0 Å². The third kappa shape index (κ3) is 5.65. The van der Waals surface area contributed by atoms with Crippen molar-refractivity contribution >= 4 is 53.7 Å². The minimum atomic E-state index is -2.32. The maximum atomic E-state index is 15.0. The number of benzene rings is 5. The van der Waals surface area contributed by atoms with E-state index >= 15 is 4.79 Å². The highest BCUT2D eigenvalue weighted by Crippen LogP contribution is 2.60. The SMILES string of the molecule is COc1ccc([Si](C)(C)[C@@H]2[C@@H](CCO)O[C@]3(C(=O)N(Cc4ccc(N5C(=O)c6ccccc6Oc6ccccc65)cc4)c4ccc(Cl)cc43)[C@H]2C)cc1. The number of fused-ring (bicyclic) bond motifs is 4. The molecule has 53 heavy (non-hydrogen) atoms. The topological polar surface area (TPSA) is 88.5 Å². The molecule has 3 aliphatic rings. The van der Waals surface area contributed by atoms with Crippen LogP contribution in [-0.4, -0.2) is 44.8 Å². The average molecular weight is 745 g/mol. The van der Waals surface area contributed by atoms with E-state index in [4.69, 9.17) is 25.8 Å². The lowest BCUT2D eigenvalue weighted by Gasteiger charge is -2.37. The Balaban J connectivity index is 1.13. The van der Waals surface area contributed by atoms with E-state index in [-0.39, 0.29) is 42.5 Å². The van der Waals surface area contributed by atoms with E-state index in [1.165, 1.54) is 5.19 Å². The van der Waals surface area contributed by atoms with E-state index < -0.39 is 13.7 Å². The molecule has 8 rings (SSSR count). The van der Waals surface area contributed by atoms with Gasteiger partial charge in [-0.15, -0.1) is 0 Å². The number of ether oxygens (including phenoxy) is 3. The summed E-state index contributed by atoms with van der Waals surface area (Å²) in [5.41, 5.74) is 2.94. The Morgan fingerprint density at radius 3 is 2.28 bits per heavy atom. The molecule has 5 aromatic rings. The Morgan fingerprint density at radius 1 is 0.868 bits per heavy atom. The van der Waals surface area contributed by atoms with Crippen molar-refractivity contribution in [1.82, 2.24) is 0 Å². The molecule has 0 radical (unpaired) electrons. The number of aliphatic hydroxyl groups excluding tert-OH is 1. The van der Waals surface area contributed by atoms with Crippen LogP contribution < -0.4 is 24.5 Å². The van der Waals surface area contributed by atoms with Crippen molar-refractivity contribution in [2.75, 3.05) is 23.5 Å². The van der Waals surface area contributed by atoms with Crippen LogP contribution in [0.4, 0.5) is 17.1 Å². The van der Waals surface area contributed by atoms with Gasteiger partial charge in [0.15, 0.2) is 11.4 Å². The smallest absolute Gasteiger partial charge is 0.266 e. The van der Waals surface area contributed by atoms with Gasteiger partial charge < -0.3 is 24.2 Å². The number of para-hydroxylation sites is 3. The van der Waals surface area contributed by atoms with Gasteiger partial charge in [0, 0.05) is 28.8 Å². The van der Waals surface area contributed by atoms with Crippen LogP contribution in [0.2, 0.25) is 23.7 Å². The molecule has 3 heterocycles. The zero-order valence-electron chi connectivity index (χ0n) is 30.1. The summed E-state index contributed by atoms with van der Waals surface area (Å²) in [6.07, 6.45) is 0.0823. The van der Waals surface area contributed by atoms with Gasteiger partial charge in [0.2, 0.25) is 0 Å². The van der Waals surface area contributed by atoms with E-state index in [2.05, 4.69) is 32.2 Å². The molecule has 1 saturated heterocycles. The fraction of sp³-hybridized carbons (Fsp3) is 0.256. The second-order valence-corrected chi connectivity index (χ2v) is 19.7. The van der Waals surface area contributed by atoms with E-state index in [1.807, 2.05) is 91.0 Å². The van der Waals surface area contributed by atoms with Gasteiger partial charge in [0.1, 0.15) is 11.5 Å². The van der Waals surface area contributed by atoms with Crippen LogP contribution in [0, 0.1) is 5.92 Å². The first kappa shape index (κ1) is 35.1. The Kier molecular flexibility index (Phi) is 8.93. The molecule has 2 amide bonds. The first-order chi connectivity index (χ1) is 25.6. The molecule has 4 atom stereocenters. The van der Waals surface area contributed by atoms with Crippen molar-refractivity contribution in [2.24, 2.45) is 5.92 Å². The molecule has 0 saturated carbocycles. The summed E-state index contributed by atoms with van der Waals surface area (Å²) in [6, 6.07) is 36.3. The lowest BCUT2D eigenvalue weighted by Crippen LogP contribution is -2.51. The monoisotopic (exact) mass is 744 g/mol. The molecule has 10 heteroatoms. The number of nitrogens with zero attached hydrogens (tertiary/aromatic N) is 2. The van der Waals surface area contributed by atoms with Crippen LogP contribution in [0.25, 0.3) is 0 Å². The number of hydrogen-bond acceptors (Lipinski definition) is 6. The van der Waals surface area contributed by atoms with E-state index in [1.54, 1.807) is 29.0 Å². The predicted octanol–water partition coefficient (Wildman–Crippen LogP) is 8.58. The Hall–Kier alpha value is -4.93. The van der Waals surface area contributed by atoms with Gasteiger partial charge >= 0.3 is 0 Å². The van der Waals surface area contributed by atoms with Crippen molar-refractivity contribution < 1.29 is 28.9 Å². The third-order valence-corrected chi connectivity index (χ3v) is 16.0. The zero-order valence-corrected chi connectivity index (χ0v) is 31.8. The number of amides is 2. The van der Waals surface area contributed by atoms with Gasteiger partial charge in [-0.1, -0.05) is 85.3 Å². The molecular formula is C43H41ClN2O6Si. The Bertz CT molecular complexity index is 2210. The summed E-state index contributed by atoms with van der Waals surface area (Å²) in [5.74, 6) is 1.34. The predicted molar refractivity (Wildman–Crippen MR) is 210 cm³/mol. The molecule has 0 aromatic heterocycles. The third-order valence-electron chi connectivity index (χ3n) is 11.4. The number of rotatable bonds is 8. The highest BCUT2D eigenvalue weighted by Gasteiger charge is 2.66. The summed E-state index contributed by atoms with van der Waals surface area (Å²) in [6.45, 7) is 7.00. The van der Waals surface area contributed by atoms with Gasteiger partial charge in [0.25, 0.3) is 11.8 Å². The van der Waals surface area contributed by atoms with Crippen LogP contribution in [-0.2, 0) is 21.7 Å². The van der Waals surface area contributed by atoms with Crippen molar-refractivity contribution in [2.45, 2.75) is 50.2 Å². The molecule has 1 spiro atoms. The molecule has 3 aliphatic heterocycles. The van der Waals surface area contributed by atoms with Crippen LogP contribution in [0.3, 0.4) is 0 Å². The van der Waals surface area contributed by atoms with Gasteiger partial charge in [-0.05, 0) is 84.3 Å². The first-order valence-corrected chi connectivity index (χ1v) is 21.4. The molecular weight excluding hydrogens is 704 g/mol. The van der Waals surface area contributed by atoms with E-state index in [0.29, 0.717) is 39.9 Å². The molecule has 270 valence electrons. The first-order valence-electron chi connectivity index (χ1n) is 17.9. The van der Waals surface area contributed by atoms with Crippen molar-refractivity contribution in [3.05, 3.63) is 137 Å². The fourth-order valence-corrected chi connectivity index (χ4v) is 13.1. The second-order valence-electron chi connectivity index (χ2n) is 14.6. The summed E-state index contributed by atoms with van der Waals surface area (Å²) >= 11 is 6.65. The summed E-state index contributed by atoms with van der Waals surface area (Å²) < 4.78 is 18.6. The standard InChI is InChI=1S/C43H41ClN2O6Si/c1-27-40(53(3,4)32-20-18-31(50-2)19-21-32)39(23-24-47)52-43(27)34-25-29(44)15-22-35(34)45(42(43)49)26-28-13-16-30(17-14-28)46-36-10-6-8-12-38(36)51-37-11-7-5-9-33(37)41(46)48/h5-22,25,27,39-40,47H,23-24,26H2,1-4H3/t27-,39+,40-,43+/m0/s1. The lowest BCUT2D eigenvalue weighted by molar-refractivity contribution is -0.146. The van der Waals surface area contributed by atoms with Crippen LogP contribution >= 0.6 is 11.6 Å². The van der Waals surface area contributed by atoms with Crippen molar-refractivity contribution in [3.8, 4) is 17.2 Å². The number of methoxy groups -OCH3 is 1. The second kappa shape index (κ2) is 13.5. The minimum absolute atomic E-state index is 0.0150. The normalized spacial score (nSPS) is 22.0. The number of halogens is 1. The lowest BCUT2D eigenvalue weighted by atomic mass is 9.82. The molecule has 1 fully saturated rings. The number of carbonyl (C=O) groups excluding carboxylic acids is 2. The van der Waals surface area contributed by atoms with Gasteiger partial charge in [-0.3, -0.25) is 14.5 Å². The van der Waals surface area contributed by atoms with E-state index in [0.717, 1.165) is 22.6 Å². The van der Waals surface area contributed by atoms with Crippen LogP contribution in [0.5, 0.6) is 17.2 Å². The average Bonchev–Trinajstić information content (AvgIpc) is 3.53. The summed E-state index contributed by atoms with van der Waals surface area (Å²) in [4.78, 5) is 32.5. The Labute approximate surface area is 315 Å². The maximum absolute atomic E-state index is 15.0. The number of aliphatic hydroxyl groups is 1. The van der Waals surface area contributed by atoms with E-state index in [9.17, 15) is 9.90 Å². The molecule has 5 aromatic carbocycles. The van der Waals surface area contributed by atoms with Crippen molar-refractivity contribution in [3.63, 3.8) is 0 Å². The number of hydrogen-bond donors (Lipinski definition) is 1. The van der Waals surface area contributed by atoms with Crippen molar-refractivity contribution in [1.29, 1.82) is 0 Å². The largest absolute Gasteiger partial charge is 0.497 e. The number of anilines is 3. The fourth-order valence-electron chi connectivity index (χ4n) is 8.84. The molecule has 0 unspecified atom stereocenters. The molecule has 1 N–H and O–H groups in total. The zero-order chi connectivity index (χ0) is 37.1. The molecule has 0 bridgehead atoms. The molecule has 0 aliphatic carbocycles. The molecule has 8 nitrogen and oxygen atoms in total. The van der Waals surface area contributed by atoms with Crippen LogP contribution in [0.15, 0.2) is 115 Å². The quantitative estimate of drug-likeness (QED) is 0.160. The summed E-state index contributed by atoms with van der Waals surface area (Å²) in [7, 11) is -0.658. The summed E-state index contributed by atoms with van der Waals surface area (Å²) in [5, 5.41) is 12.0. The minimum Gasteiger partial charge on any atom is -0.497 e. The highest BCUT2D eigenvalue weighted by atomic mass is 35.5. The maximum Gasteiger partial charge on any atom is 0.266 e. The van der Waals surface area contributed by atoms with Crippen LogP contribution in [0.1, 0.15) is 34.8 Å². The Morgan fingerprint density at radius 2 is 1.57 bits per heavy atom.